The molecule has 0 N–H and O–H groups in total. The van der Waals surface area contributed by atoms with Gasteiger partial charge in [0.2, 0.25) is 0 Å². The molecule has 0 aliphatic carbocycles. The van der Waals surface area contributed by atoms with E-state index >= 15 is 0 Å². The lowest BCUT2D eigenvalue weighted by Gasteiger charge is -2.18. The van der Waals surface area contributed by atoms with Gasteiger partial charge in [0.05, 0.1) is 6.61 Å². The highest BCUT2D eigenvalue weighted by Gasteiger charge is 2.33. The highest BCUT2D eigenvalue weighted by Crippen LogP contribution is 2.18. The van der Waals surface area contributed by atoms with Crippen molar-refractivity contribution in [3.63, 3.8) is 0 Å². The Morgan fingerprint density at radius 1 is 1.36 bits per heavy atom. The van der Waals surface area contributed by atoms with Crippen LogP contribution < -0.4 is 0 Å². The quantitative estimate of drug-likeness (QED) is 0.513. The molecule has 2 aliphatic heterocycles. The van der Waals surface area contributed by atoms with Gasteiger partial charge >= 0.3 is 5.97 Å². The van der Waals surface area contributed by atoms with E-state index in [1.54, 1.807) is 0 Å². The number of esters is 1. The molecule has 2 fully saturated rings. The number of carbonyl (C=O) groups is 1. The van der Waals surface area contributed by atoms with Gasteiger partial charge in [-0.15, -0.1) is 0 Å². The van der Waals surface area contributed by atoms with E-state index in [0.717, 1.165) is 19.5 Å². The van der Waals surface area contributed by atoms with Crippen molar-refractivity contribution in [2.45, 2.75) is 25.3 Å². The molecule has 1 atom stereocenters. The molecule has 0 spiro atoms. The molecule has 2 heterocycles. The first-order chi connectivity index (χ1) is 5.38. The predicted molar refractivity (Wildman–Crippen MR) is 40.2 cm³/mol. The van der Waals surface area contributed by atoms with E-state index in [4.69, 9.17) is 4.74 Å². The Morgan fingerprint density at radius 2 is 2.09 bits per heavy atom. The third-order valence-corrected chi connectivity index (χ3v) is 2.49. The number of likely N-dealkylation sites (tertiary alicyclic amines) is 1. The number of nitrogens with zero attached hydrogens (tertiary/aromatic N) is 1. The number of cyclic esters (lactones) is 1. The van der Waals surface area contributed by atoms with E-state index < -0.39 is 0 Å². The summed E-state index contributed by atoms with van der Waals surface area (Å²) < 4.78 is 4.90. The molecule has 0 aromatic carbocycles. The maximum absolute atomic E-state index is 11.1. The van der Waals surface area contributed by atoms with Crippen LogP contribution in [0.4, 0.5) is 0 Å². The van der Waals surface area contributed by atoms with Crippen LogP contribution in [0, 0.1) is 0 Å². The molecule has 2 aliphatic rings. The van der Waals surface area contributed by atoms with E-state index in [0.29, 0.717) is 6.61 Å². The van der Waals surface area contributed by atoms with Crippen molar-refractivity contribution >= 4 is 5.97 Å². The summed E-state index contributed by atoms with van der Waals surface area (Å²) in [4.78, 5) is 13.3. The van der Waals surface area contributed by atoms with E-state index in [1.165, 1.54) is 12.8 Å². The smallest absolute Gasteiger partial charge is 0.323 e. The normalized spacial score (nSPS) is 32.7. The number of carbonyl (C=O) groups excluding carboxylic acids is 1. The van der Waals surface area contributed by atoms with Crippen molar-refractivity contribution in [1.82, 2.24) is 4.90 Å². The Balaban J connectivity index is 1.97. The molecule has 0 saturated carbocycles. The maximum atomic E-state index is 11.1. The van der Waals surface area contributed by atoms with Crippen LogP contribution in [0.3, 0.4) is 0 Å². The summed E-state index contributed by atoms with van der Waals surface area (Å²) in [6.45, 7) is 2.79. The molecule has 1 unspecified atom stereocenters. The Bertz CT molecular complexity index is 163. The lowest BCUT2D eigenvalue weighted by atomic mass is 10.2. The maximum Gasteiger partial charge on any atom is 0.323 e. The van der Waals surface area contributed by atoms with Crippen LogP contribution in [-0.2, 0) is 9.53 Å². The predicted octanol–water partition coefficient (Wildman–Crippen LogP) is 0.398. The fourth-order valence-electron chi connectivity index (χ4n) is 1.87. The average Bonchev–Trinajstić information content (AvgIpc) is 2.55. The summed E-state index contributed by atoms with van der Waals surface area (Å²) in [5.74, 6) is -0.00750. The standard InChI is InChI=1S/C8H13NO2/c10-8-7(3-6-11-8)9-4-1-2-5-9/h7H,1-6H2. The molecule has 0 radical (unpaired) electrons. The molecule has 0 aromatic rings. The third kappa shape index (κ3) is 1.25. The second-order valence-corrected chi connectivity index (χ2v) is 3.22. The summed E-state index contributed by atoms with van der Waals surface area (Å²) in [5.41, 5.74) is 0. The van der Waals surface area contributed by atoms with E-state index in [9.17, 15) is 4.79 Å². The van der Waals surface area contributed by atoms with Crippen LogP contribution in [0.2, 0.25) is 0 Å². The second kappa shape index (κ2) is 2.81. The molecule has 0 aromatic heterocycles. The molecule has 3 heteroatoms. The molecular formula is C8H13NO2. The number of hydrogen-bond donors (Lipinski definition) is 0. The zero-order valence-corrected chi connectivity index (χ0v) is 6.58. The van der Waals surface area contributed by atoms with Gasteiger partial charge in [0.1, 0.15) is 6.04 Å². The first-order valence-corrected chi connectivity index (χ1v) is 4.28. The van der Waals surface area contributed by atoms with Crippen LogP contribution in [0.5, 0.6) is 0 Å². The van der Waals surface area contributed by atoms with E-state index in [2.05, 4.69) is 4.90 Å². The molecule has 2 saturated heterocycles. The van der Waals surface area contributed by atoms with Gasteiger partial charge < -0.3 is 4.74 Å². The lowest BCUT2D eigenvalue weighted by molar-refractivity contribution is -0.142. The van der Waals surface area contributed by atoms with Gasteiger partial charge in [0.15, 0.2) is 0 Å². The van der Waals surface area contributed by atoms with Crippen molar-refractivity contribution in [3.8, 4) is 0 Å². The summed E-state index contributed by atoms with van der Waals surface area (Å²) in [6.07, 6.45) is 3.38. The summed E-state index contributed by atoms with van der Waals surface area (Å²) in [7, 11) is 0. The van der Waals surface area contributed by atoms with Crippen LogP contribution in [-0.4, -0.2) is 36.6 Å². The van der Waals surface area contributed by atoms with Crippen molar-refractivity contribution in [2.24, 2.45) is 0 Å². The van der Waals surface area contributed by atoms with Crippen molar-refractivity contribution < 1.29 is 9.53 Å². The van der Waals surface area contributed by atoms with Gasteiger partial charge in [-0.05, 0) is 25.9 Å². The van der Waals surface area contributed by atoms with Gasteiger partial charge in [-0.1, -0.05) is 0 Å². The zero-order chi connectivity index (χ0) is 7.68. The van der Waals surface area contributed by atoms with Crippen molar-refractivity contribution in [2.75, 3.05) is 19.7 Å². The minimum absolute atomic E-state index is 0.00750. The lowest BCUT2D eigenvalue weighted by Crippen LogP contribution is -2.35. The molecule has 11 heavy (non-hydrogen) atoms. The van der Waals surface area contributed by atoms with Crippen molar-refractivity contribution in [3.05, 3.63) is 0 Å². The minimum atomic E-state index is -0.00750. The summed E-state index contributed by atoms with van der Waals surface area (Å²) in [6, 6.07) is 0.0949. The van der Waals surface area contributed by atoms with E-state index in [1.807, 2.05) is 0 Å². The zero-order valence-electron chi connectivity index (χ0n) is 6.58. The number of rotatable bonds is 1. The fourth-order valence-corrected chi connectivity index (χ4v) is 1.87. The van der Waals surface area contributed by atoms with Crippen LogP contribution in [0.25, 0.3) is 0 Å². The monoisotopic (exact) mass is 155 g/mol. The summed E-state index contributed by atoms with van der Waals surface area (Å²) >= 11 is 0. The van der Waals surface area contributed by atoms with Crippen LogP contribution in [0.15, 0.2) is 0 Å². The molecule has 2 rings (SSSR count). The van der Waals surface area contributed by atoms with Gasteiger partial charge in [-0.25, -0.2) is 0 Å². The van der Waals surface area contributed by atoms with Crippen molar-refractivity contribution in [1.29, 1.82) is 0 Å². The number of hydrogen-bond acceptors (Lipinski definition) is 3. The average molecular weight is 155 g/mol. The van der Waals surface area contributed by atoms with Gasteiger partial charge in [0, 0.05) is 6.42 Å². The SMILES string of the molecule is O=C1OCCC1N1CCCC1. The second-order valence-electron chi connectivity index (χ2n) is 3.22. The first kappa shape index (κ1) is 7.10. The molecule has 3 nitrogen and oxygen atoms in total. The Hall–Kier alpha value is -0.570. The molecule has 0 amide bonds. The number of ether oxygens (including phenoxy) is 1. The van der Waals surface area contributed by atoms with Crippen LogP contribution >= 0.6 is 0 Å². The van der Waals surface area contributed by atoms with Gasteiger partial charge in [0.25, 0.3) is 0 Å². The van der Waals surface area contributed by atoms with E-state index in [-0.39, 0.29) is 12.0 Å². The Morgan fingerprint density at radius 3 is 2.64 bits per heavy atom. The van der Waals surface area contributed by atoms with Gasteiger partial charge in [-0.2, -0.15) is 0 Å². The Kier molecular flexibility index (Phi) is 1.82. The molecular weight excluding hydrogens is 142 g/mol. The minimum Gasteiger partial charge on any atom is -0.464 e. The largest absolute Gasteiger partial charge is 0.464 e. The van der Waals surface area contributed by atoms with Gasteiger partial charge in [-0.3, -0.25) is 9.69 Å². The fraction of sp³-hybridized carbons (Fsp3) is 0.875. The van der Waals surface area contributed by atoms with Crippen LogP contribution in [0.1, 0.15) is 19.3 Å². The topological polar surface area (TPSA) is 29.5 Å². The molecule has 0 bridgehead atoms. The molecule has 62 valence electrons. The Labute approximate surface area is 66.3 Å². The first-order valence-electron chi connectivity index (χ1n) is 4.28. The highest BCUT2D eigenvalue weighted by molar-refractivity contribution is 5.77. The summed E-state index contributed by atoms with van der Waals surface area (Å²) in [5, 5.41) is 0. The highest BCUT2D eigenvalue weighted by atomic mass is 16.5. The third-order valence-electron chi connectivity index (χ3n) is 2.49.